The molecule has 0 aromatic rings. The lowest BCUT2D eigenvalue weighted by atomic mass is 10.1. The van der Waals surface area contributed by atoms with Gasteiger partial charge in [-0.3, -0.25) is 0 Å². The van der Waals surface area contributed by atoms with E-state index in [1.54, 1.807) is 0 Å². The van der Waals surface area contributed by atoms with Gasteiger partial charge in [0.05, 0.1) is 6.16 Å². The number of allylic oxidation sites excluding steroid dienone is 2. The molecule has 0 saturated carbocycles. The third-order valence-corrected chi connectivity index (χ3v) is 5.04. The lowest BCUT2D eigenvalue weighted by Crippen LogP contribution is -3.00. The second-order valence-corrected chi connectivity index (χ2v) is 11.6. The van der Waals surface area contributed by atoms with E-state index in [9.17, 15) is 0 Å². The molecule has 0 spiro atoms. The van der Waals surface area contributed by atoms with Crippen molar-refractivity contribution in [2.45, 2.75) is 65.1 Å². The Morgan fingerprint density at radius 3 is 1.86 bits per heavy atom. The van der Waals surface area contributed by atoms with Crippen LogP contribution in [0.1, 0.15) is 58.8 Å². The van der Waals surface area contributed by atoms with E-state index < -0.39 is 7.26 Å². The number of unbranched alkanes of at least 4 members (excludes halogenated alkanes) is 4. The molecule has 0 N–H and O–H groups in total. The zero-order valence-corrected chi connectivity index (χ0v) is 18.5. The maximum absolute atomic E-state index is 5.55. The first-order valence-electron chi connectivity index (χ1n) is 8.68. The third kappa shape index (κ3) is 18.9. The van der Waals surface area contributed by atoms with Crippen molar-refractivity contribution in [3.05, 3.63) is 12.2 Å². The van der Waals surface area contributed by atoms with E-state index in [-0.39, 0.29) is 30.3 Å². The highest BCUT2D eigenvalue weighted by atomic mass is 127. The summed E-state index contributed by atoms with van der Waals surface area (Å²) in [5.41, 5.74) is 0. The average Bonchev–Trinajstić information content (AvgIpc) is 2.40. The highest BCUT2D eigenvalue weighted by molar-refractivity contribution is 7.73. The molecule has 22 heavy (non-hydrogen) atoms. The van der Waals surface area contributed by atoms with Crippen LogP contribution in [0.2, 0.25) is 0 Å². The second kappa shape index (κ2) is 16.7. The maximum Gasteiger partial charge on any atom is 0.157 e. The Morgan fingerprint density at radius 1 is 0.818 bits per heavy atom. The van der Waals surface area contributed by atoms with Crippen LogP contribution >= 0.6 is 7.26 Å². The minimum atomic E-state index is -0.565. The van der Waals surface area contributed by atoms with Crippen LogP contribution in [0.4, 0.5) is 0 Å². The molecule has 0 radical (unpaired) electrons. The highest BCUT2D eigenvalue weighted by Gasteiger charge is 2.14. The van der Waals surface area contributed by atoms with Crippen molar-refractivity contribution in [3.63, 3.8) is 0 Å². The van der Waals surface area contributed by atoms with Gasteiger partial charge in [0.1, 0.15) is 0 Å². The van der Waals surface area contributed by atoms with Crippen molar-refractivity contribution in [2.24, 2.45) is 0 Å². The van der Waals surface area contributed by atoms with Gasteiger partial charge in [-0.15, -0.1) is 0 Å². The zero-order chi connectivity index (χ0) is 16.0. The number of hydrogen-bond acceptors (Lipinski definition) is 2. The Bertz CT molecular complexity index is 246. The van der Waals surface area contributed by atoms with Gasteiger partial charge < -0.3 is 33.5 Å². The lowest BCUT2D eigenvalue weighted by molar-refractivity contribution is -0.140. The summed E-state index contributed by atoms with van der Waals surface area (Å²) < 4.78 is 11.1. The van der Waals surface area contributed by atoms with Crippen LogP contribution in [0.3, 0.4) is 0 Å². The smallest absolute Gasteiger partial charge is 0.157 e. The van der Waals surface area contributed by atoms with Gasteiger partial charge in [0.25, 0.3) is 0 Å². The lowest BCUT2D eigenvalue weighted by Gasteiger charge is -2.16. The van der Waals surface area contributed by atoms with Crippen LogP contribution in [-0.4, -0.2) is 45.7 Å². The Labute approximate surface area is 157 Å². The summed E-state index contributed by atoms with van der Waals surface area (Å²) in [6.07, 6.45) is 14.8. The van der Waals surface area contributed by atoms with E-state index in [1.807, 2.05) is 13.8 Å². The molecule has 2 nitrogen and oxygen atoms in total. The van der Waals surface area contributed by atoms with Gasteiger partial charge in [0.15, 0.2) is 6.29 Å². The first-order valence-corrected chi connectivity index (χ1v) is 12.0. The molecule has 0 aromatic heterocycles. The molecule has 0 aliphatic heterocycles. The molecule has 0 bridgehead atoms. The van der Waals surface area contributed by atoms with E-state index >= 15 is 0 Å². The fraction of sp³-hybridized carbons (Fsp3) is 0.889. The summed E-state index contributed by atoms with van der Waals surface area (Å²) in [5, 5.41) is 0. The Balaban J connectivity index is 0. The van der Waals surface area contributed by atoms with Crippen LogP contribution in [0.5, 0.6) is 0 Å². The molecule has 0 aromatic carbocycles. The van der Waals surface area contributed by atoms with Crippen molar-refractivity contribution in [1.82, 2.24) is 0 Å². The van der Waals surface area contributed by atoms with Crippen molar-refractivity contribution in [2.75, 3.05) is 39.4 Å². The SMILES string of the molecule is CCOC(CCCCC/C=C/CCC[P+](C)(C)C)OCC.[I-]. The van der Waals surface area contributed by atoms with E-state index in [1.165, 1.54) is 44.7 Å². The monoisotopic (exact) mass is 444 g/mol. The molecular formula is C18H38IO2P. The van der Waals surface area contributed by atoms with Crippen LogP contribution in [0.15, 0.2) is 12.2 Å². The fourth-order valence-electron chi connectivity index (χ4n) is 2.26. The third-order valence-electron chi connectivity index (χ3n) is 3.38. The minimum Gasteiger partial charge on any atom is -1.00 e. The molecule has 0 heterocycles. The summed E-state index contributed by atoms with van der Waals surface area (Å²) in [4.78, 5) is 0. The predicted molar refractivity (Wildman–Crippen MR) is 98.1 cm³/mol. The van der Waals surface area contributed by atoms with Crippen LogP contribution in [0, 0.1) is 0 Å². The average molecular weight is 444 g/mol. The predicted octanol–water partition coefficient (Wildman–Crippen LogP) is 2.58. The maximum atomic E-state index is 5.55. The largest absolute Gasteiger partial charge is 1.00 e. The summed E-state index contributed by atoms with van der Waals surface area (Å²) in [6.45, 7) is 12.8. The van der Waals surface area contributed by atoms with Gasteiger partial charge in [-0.05, 0) is 52.4 Å². The van der Waals surface area contributed by atoms with E-state index in [2.05, 4.69) is 32.1 Å². The van der Waals surface area contributed by atoms with Gasteiger partial charge in [-0.1, -0.05) is 18.6 Å². The van der Waals surface area contributed by atoms with Crippen LogP contribution in [-0.2, 0) is 9.47 Å². The molecule has 0 rings (SSSR count). The summed E-state index contributed by atoms with van der Waals surface area (Å²) in [6, 6.07) is 0. The van der Waals surface area contributed by atoms with Crippen LogP contribution in [0.25, 0.3) is 0 Å². The highest BCUT2D eigenvalue weighted by Crippen LogP contribution is 2.47. The van der Waals surface area contributed by atoms with E-state index in [0.717, 1.165) is 19.6 Å². The number of halogens is 1. The Morgan fingerprint density at radius 2 is 1.36 bits per heavy atom. The van der Waals surface area contributed by atoms with Gasteiger partial charge in [0.2, 0.25) is 0 Å². The van der Waals surface area contributed by atoms with Crippen molar-refractivity contribution in [3.8, 4) is 0 Å². The molecule has 134 valence electrons. The summed E-state index contributed by atoms with van der Waals surface area (Å²) in [7, 11) is -0.565. The molecule has 0 aliphatic rings. The zero-order valence-electron chi connectivity index (χ0n) is 15.4. The Kier molecular flexibility index (Phi) is 19.0. The fourth-order valence-corrected chi connectivity index (χ4v) is 3.39. The molecule has 0 unspecified atom stereocenters. The van der Waals surface area contributed by atoms with E-state index in [0.29, 0.717) is 0 Å². The second-order valence-electron chi connectivity index (χ2n) is 6.61. The summed E-state index contributed by atoms with van der Waals surface area (Å²) in [5.74, 6) is 0. The van der Waals surface area contributed by atoms with Gasteiger partial charge in [0, 0.05) is 40.5 Å². The van der Waals surface area contributed by atoms with Gasteiger partial charge in [-0.2, -0.15) is 0 Å². The minimum absolute atomic E-state index is 0. The van der Waals surface area contributed by atoms with Crippen molar-refractivity contribution < 1.29 is 33.5 Å². The number of rotatable bonds is 14. The molecule has 4 heteroatoms. The van der Waals surface area contributed by atoms with Crippen molar-refractivity contribution in [1.29, 1.82) is 0 Å². The van der Waals surface area contributed by atoms with Gasteiger partial charge >= 0.3 is 0 Å². The number of ether oxygens (including phenoxy) is 2. The molecule has 0 fully saturated rings. The Hall–Kier alpha value is 0.820. The topological polar surface area (TPSA) is 18.5 Å². The molecule has 0 amide bonds. The first kappa shape index (κ1) is 25.1. The molecular weight excluding hydrogens is 406 g/mol. The normalized spacial score (nSPS) is 12.1. The summed E-state index contributed by atoms with van der Waals surface area (Å²) >= 11 is 0. The molecule has 0 atom stereocenters. The van der Waals surface area contributed by atoms with Crippen LogP contribution < -0.4 is 24.0 Å². The molecule has 0 aliphatic carbocycles. The quantitative estimate of drug-likeness (QED) is 0.135. The molecule has 0 saturated heterocycles. The van der Waals surface area contributed by atoms with Gasteiger partial charge in [-0.25, -0.2) is 0 Å². The van der Waals surface area contributed by atoms with Crippen molar-refractivity contribution >= 4 is 7.26 Å². The number of hydrogen-bond donors (Lipinski definition) is 0. The first-order chi connectivity index (χ1) is 9.99. The standard InChI is InChI=1S/C18H38O2P.HI/c1-6-19-18(20-7-2)16-14-12-10-8-9-11-13-15-17-21(3,4)5;/h9,11,18H,6-8,10,12-17H2,1-5H3;1H/q+1;/p-1/b11-9+;. The van der Waals surface area contributed by atoms with E-state index in [4.69, 9.17) is 9.47 Å².